The van der Waals surface area contributed by atoms with Gasteiger partial charge in [-0.25, -0.2) is 4.98 Å². The second kappa shape index (κ2) is 13.6. The van der Waals surface area contributed by atoms with E-state index in [2.05, 4.69) is 179 Å². The normalized spacial score (nSPS) is 12.1. The van der Waals surface area contributed by atoms with Crippen molar-refractivity contribution >= 4 is 97.1 Å². The number of hydrogen-bond acceptors (Lipinski definition) is 5. The highest BCUT2D eigenvalue weighted by atomic mass is 32.1. The molecular formula is C57H33N5OS. The molecule has 0 unspecified atom stereocenters. The predicted molar refractivity (Wildman–Crippen MR) is 265 cm³/mol. The van der Waals surface area contributed by atoms with Gasteiger partial charge in [0.15, 0.2) is 11.6 Å². The molecular weight excluding hydrogens is 803 g/mol. The minimum atomic E-state index is 0.557. The zero-order valence-electron chi connectivity index (χ0n) is 34.1. The van der Waals surface area contributed by atoms with Gasteiger partial charge in [-0.05, 0) is 65.7 Å². The van der Waals surface area contributed by atoms with Crippen LogP contribution in [0, 0.1) is 0 Å². The van der Waals surface area contributed by atoms with Crippen LogP contribution >= 0.6 is 11.3 Å². The summed E-state index contributed by atoms with van der Waals surface area (Å²) in [5.74, 6) is 1.77. The topological polar surface area (TPSA) is 61.7 Å². The molecule has 0 fully saturated rings. The Labute approximate surface area is 369 Å². The molecule has 14 aromatic rings. The van der Waals surface area contributed by atoms with Crippen LogP contribution in [0.3, 0.4) is 0 Å². The number of para-hydroxylation sites is 3. The fourth-order valence-electron chi connectivity index (χ4n) is 9.89. The third kappa shape index (κ3) is 5.16. The van der Waals surface area contributed by atoms with Crippen LogP contribution < -0.4 is 0 Å². The van der Waals surface area contributed by atoms with Gasteiger partial charge in [-0.3, -0.25) is 4.57 Å². The second-order valence-corrected chi connectivity index (χ2v) is 17.4. The average Bonchev–Trinajstić information content (AvgIpc) is 4.11. The second-order valence-electron chi connectivity index (χ2n) is 16.4. The van der Waals surface area contributed by atoms with E-state index in [0.29, 0.717) is 17.6 Å². The highest BCUT2D eigenvalue weighted by Crippen LogP contribution is 2.47. The quantitative estimate of drug-likeness (QED) is 0.173. The standard InChI is InChI=1S/C57H33N5OS/c1-3-15-34(16-4-1)35-27-29-37(30-28-35)61-46-23-11-7-19-38(46)42-33-49-43(32-48(42)61)39-20-8-12-24-47(39)62(49)57-59-55(36-17-5-2-6-18-36)58-56(60-57)45-31-44-40-21-9-13-25-50(40)63-53(44)52-41-22-10-14-26-51(41)64-54(45)52/h1-33H. The molecule has 6 nitrogen and oxygen atoms in total. The first-order chi connectivity index (χ1) is 31.7. The molecule has 0 aliphatic carbocycles. The van der Waals surface area contributed by atoms with Gasteiger partial charge < -0.3 is 8.98 Å². The van der Waals surface area contributed by atoms with Gasteiger partial charge in [-0.1, -0.05) is 146 Å². The zero-order chi connectivity index (χ0) is 41.9. The molecule has 0 aliphatic rings. The van der Waals surface area contributed by atoms with Gasteiger partial charge in [0.05, 0.1) is 26.8 Å². The van der Waals surface area contributed by atoms with Crippen LogP contribution in [0.5, 0.6) is 0 Å². The lowest BCUT2D eigenvalue weighted by atomic mass is 10.0. The number of nitrogens with zero attached hydrogens (tertiary/aromatic N) is 5. The molecule has 64 heavy (non-hydrogen) atoms. The summed E-state index contributed by atoms with van der Waals surface area (Å²) in [4.78, 5) is 16.2. The summed E-state index contributed by atoms with van der Waals surface area (Å²) in [7, 11) is 0. The van der Waals surface area contributed by atoms with Crippen LogP contribution in [0.4, 0.5) is 0 Å². The fourth-order valence-corrected chi connectivity index (χ4v) is 11.1. The Hall–Kier alpha value is -8.39. The molecule has 0 aliphatic heterocycles. The fraction of sp³-hybridized carbons (Fsp3) is 0. The molecule has 0 atom stereocenters. The van der Waals surface area contributed by atoms with E-state index in [1.807, 2.05) is 30.3 Å². The van der Waals surface area contributed by atoms with E-state index in [1.54, 1.807) is 11.3 Å². The summed E-state index contributed by atoms with van der Waals surface area (Å²) >= 11 is 1.75. The van der Waals surface area contributed by atoms with E-state index in [0.717, 1.165) is 92.5 Å². The lowest BCUT2D eigenvalue weighted by Crippen LogP contribution is -2.06. The Kier molecular flexibility index (Phi) is 7.46. The molecule has 0 radical (unpaired) electrons. The lowest BCUT2D eigenvalue weighted by molar-refractivity contribution is 0.673. The number of benzene rings is 9. The summed E-state index contributed by atoms with van der Waals surface area (Å²) in [6, 6.07) is 70.7. The molecule has 0 amide bonds. The Balaban J connectivity index is 1.05. The molecule has 9 aromatic carbocycles. The van der Waals surface area contributed by atoms with Gasteiger partial charge >= 0.3 is 0 Å². The van der Waals surface area contributed by atoms with E-state index in [1.165, 1.54) is 21.2 Å². The van der Waals surface area contributed by atoms with Crippen molar-refractivity contribution in [2.45, 2.75) is 0 Å². The smallest absolute Gasteiger partial charge is 0.238 e. The third-order valence-corrected chi connectivity index (χ3v) is 14.0. The summed E-state index contributed by atoms with van der Waals surface area (Å²) in [5, 5.41) is 8.91. The molecule has 0 spiro atoms. The summed E-state index contributed by atoms with van der Waals surface area (Å²) < 4.78 is 13.6. The molecule has 0 N–H and O–H groups in total. The number of rotatable bonds is 5. The van der Waals surface area contributed by atoms with Gasteiger partial charge in [-0.15, -0.1) is 11.3 Å². The maximum absolute atomic E-state index is 6.66. The molecule has 14 rings (SSSR count). The molecule has 0 saturated carbocycles. The van der Waals surface area contributed by atoms with Crippen molar-refractivity contribution in [3.8, 4) is 45.5 Å². The van der Waals surface area contributed by atoms with E-state index < -0.39 is 0 Å². The van der Waals surface area contributed by atoms with Crippen LogP contribution in [0.25, 0.3) is 131 Å². The van der Waals surface area contributed by atoms with Crippen molar-refractivity contribution < 1.29 is 4.42 Å². The number of thiophene rings is 1. The van der Waals surface area contributed by atoms with Gasteiger partial charge in [0.2, 0.25) is 5.95 Å². The summed E-state index contributed by atoms with van der Waals surface area (Å²) in [6.07, 6.45) is 0. The minimum absolute atomic E-state index is 0.557. The van der Waals surface area contributed by atoms with Gasteiger partial charge in [0.25, 0.3) is 0 Å². The van der Waals surface area contributed by atoms with Crippen LogP contribution in [-0.4, -0.2) is 24.1 Å². The van der Waals surface area contributed by atoms with Gasteiger partial charge in [0, 0.05) is 64.6 Å². The largest absolute Gasteiger partial charge is 0.455 e. The predicted octanol–water partition coefficient (Wildman–Crippen LogP) is 15.3. The first kappa shape index (κ1) is 35.2. The summed E-state index contributed by atoms with van der Waals surface area (Å²) in [6.45, 7) is 0. The van der Waals surface area contributed by atoms with Crippen LogP contribution in [-0.2, 0) is 0 Å². The van der Waals surface area contributed by atoms with Crippen LogP contribution in [0.15, 0.2) is 205 Å². The Bertz CT molecular complexity index is 4180. The first-order valence-electron chi connectivity index (χ1n) is 21.4. The molecule has 7 heteroatoms. The monoisotopic (exact) mass is 835 g/mol. The highest BCUT2D eigenvalue weighted by Gasteiger charge is 2.24. The highest BCUT2D eigenvalue weighted by molar-refractivity contribution is 7.26. The average molecular weight is 836 g/mol. The van der Waals surface area contributed by atoms with E-state index >= 15 is 0 Å². The molecule has 0 saturated heterocycles. The Morgan fingerprint density at radius 3 is 1.69 bits per heavy atom. The molecule has 298 valence electrons. The number of aromatic nitrogens is 5. The van der Waals surface area contributed by atoms with Crippen LogP contribution in [0.1, 0.15) is 0 Å². The number of fused-ring (bicyclic) bond motifs is 13. The van der Waals surface area contributed by atoms with Crippen molar-refractivity contribution in [3.63, 3.8) is 0 Å². The third-order valence-electron chi connectivity index (χ3n) is 12.8. The SMILES string of the molecule is c1ccc(-c2ccc(-n3c4ccccc4c4cc5c(cc43)c3ccccc3n5-c3nc(-c4ccccc4)nc(-c4cc5c6ccccc6oc5c5c4sc4ccccc45)n3)cc2)cc1. The first-order valence-corrected chi connectivity index (χ1v) is 22.3. The van der Waals surface area contributed by atoms with E-state index in [9.17, 15) is 0 Å². The zero-order valence-corrected chi connectivity index (χ0v) is 34.9. The van der Waals surface area contributed by atoms with Crippen molar-refractivity contribution in [3.05, 3.63) is 200 Å². The van der Waals surface area contributed by atoms with E-state index in [-0.39, 0.29) is 0 Å². The summed E-state index contributed by atoms with van der Waals surface area (Å²) in [5.41, 5.74) is 11.4. The van der Waals surface area contributed by atoms with Crippen molar-refractivity contribution in [1.82, 2.24) is 24.1 Å². The number of furan rings is 1. The maximum Gasteiger partial charge on any atom is 0.238 e. The maximum atomic E-state index is 6.66. The molecule has 5 aromatic heterocycles. The van der Waals surface area contributed by atoms with Gasteiger partial charge in [-0.2, -0.15) is 9.97 Å². The van der Waals surface area contributed by atoms with E-state index in [4.69, 9.17) is 19.4 Å². The van der Waals surface area contributed by atoms with Crippen molar-refractivity contribution in [2.24, 2.45) is 0 Å². The Morgan fingerprint density at radius 1 is 0.391 bits per heavy atom. The minimum Gasteiger partial charge on any atom is -0.455 e. The van der Waals surface area contributed by atoms with Crippen molar-refractivity contribution in [2.75, 3.05) is 0 Å². The van der Waals surface area contributed by atoms with Crippen molar-refractivity contribution in [1.29, 1.82) is 0 Å². The lowest BCUT2D eigenvalue weighted by Gasteiger charge is -2.12. The van der Waals surface area contributed by atoms with Gasteiger partial charge in [0.1, 0.15) is 11.2 Å². The molecule has 0 bridgehead atoms. The number of hydrogen-bond donors (Lipinski definition) is 0. The Morgan fingerprint density at radius 2 is 0.953 bits per heavy atom. The van der Waals surface area contributed by atoms with Crippen LogP contribution in [0.2, 0.25) is 0 Å². The molecule has 5 heterocycles.